The lowest BCUT2D eigenvalue weighted by molar-refractivity contribution is 0.0696. The van der Waals surface area contributed by atoms with Crippen molar-refractivity contribution in [3.8, 4) is 11.5 Å². The number of nitrogens with one attached hydrogen (secondary N) is 1. The molecule has 3 aromatic carbocycles. The van der Waals surface area contributed by atoms with Gasteiger partial charge in [0.05, 0.1) is 17.2 Å². The van der Waals surface area contributed by atoms with Gasteiger partial charge in [0.2, 0.25) is 0 Å². The number of carboxylic acids is 1. The third-order valence-electron chi connectivity index (χ3n) is 4.92. The molecule has 0 saturated carbocycles. The van der Waals surface area contributed by atoms with Gasteiger partial charge in [-0.2, -0.15) is 0 Å². The first-order chi connectivity index (χ1) is 14.9. The molecule has 3 aromatic rings. The van der Waals surface area contributed by atoms with E-state index in [9.17, 15) is 9.90 Å². The van der Waals surface area contributed by atoms with Crippen LogP contribution in [0, 0.1) is 13.8 Å². The van der Waals surface area contributed by atoms with Crippen LogP contribution in [0.2, 0.25) is 5.02 Å². The smallest absolute Gasteiger partial charge is 0.336 e. The van der Waals surface area contributed by atoms with Gasteiger partial charge >= 0.3 is 5.97 Å². The van der Waals surface area contributed by atoms with Crippen molar-refractivity contribution in [2.45, 2.75) is 33.9 Å². The van der Waals surface area contributed by atoms with E-state index < -0.39 is 5.97 Å². The standard InChI is InChI=1S/C25H26ClNO4/c1-4-30-23-13-19(14-27-22-7-5-6-20(17(22)3)25(28)29)12-21(26)24(23)31-15-18-10-8-16(2)9-11-18/h5-13,27H,4,14-15H2,1-3H3,(H,28,29). The highest BCUT2D eigenvalue weighted by Gasteiger charge is 2.14. The third-order valence-corrected chi connectivity index (χ3v) is 5.20. The highest BCUT2D eigenvalue weighted by molar-refractivity contribution is 6.32. The summed E-state index contributed by atoms with van der Waals surface area (Å²) in [6.45, 7) is 7.06. The van der Waals surface area contributed by atoms with E-state index >= 15 is 0 Å². The Bertz CT molecular complexity index is 1060. The Hall–Kier alpha value is -3.18. The second-order valence-electron chi connectivity index (χ2n) is 7.25. The molecule has 0 unspecified atom stereocenters. The Labute approximate surface area is 187 Å². The van der Waals surface area contributed by atoms with Gasteiger partial charge in [0.15, 0.2) is 11.5 Å². The van der Waals surface area contributed by atoms with Crippen molar-refractivity contribution in [2.75, 3.05) is 11.9 Å². The Morgan fingerprint density at radius 3 is 2.45 bits per heavy atom. The summed E-state index contributed by atoms with van der Waals surface area (Å²) in [5, 5.41) is 13.1. The summed E-state index contributed by atoms with van der Waals surface area (Å²) < 4.78 is 11.8. The van der Waals surface area contributed by atoms with Crippen LogP contribution in [-0.2, 0) is 13.2 Å². The van der Waals surface area contributed by atoms with Crippen molar-refractivity contribution in [3.63, 3.8) is 0 Å². The fraction of sp³-hybridized carbons (Fsp3) is 0.240. The van der Waals surface area contributed by atoms with Crippen molar-refractivity contribution in [1.29, 1.82) is 0 Å². The van der Waals surface area contributed by atoms with Crippen LogP contribution in [0.4, 0.5) is 5.69 Å². The molecule has 0 radical (unpaired) electrons. The van der Waals surface area contributed by atoms with Gasteiger partial charge in [-0.3, -0.25) is 0 Å². The molecule has 31 heavy (non-hydrogen) atoms. The van der Waals surface area contributed by atoms with Crippen LogP contribution in [0.15, 0.2) is 54.6 Å². The first kappa shape index (κ1) is 22.5. The quantitative estimate of drug-likeness (QED) is 0.412. The fourth-order valence-electron chi connectivity index (χ4n) is 3.22. The molecule has 0 aliphatic rings. The van der Waals surface area contributed by atoms with Crippen LogP contribution in [0.5, 0.6) is 11.5 Å². The number of anilines is 1. The van der Waals surface area contributed by atoms with Gasteiger partial charge in [-0.05, 0) is 61.7 Å². The Balaban J connectivity index is 1.77. The third kappa shape index (κ3) is 5.70. The fourth-order valence-corrected chi connectivity index (χ4v) is 3.51. The monoisotopic (exact) mass is 439 g/mol. The zero-order valence-corrected chi connectivity index (χ0v) is 18.6. The number of aryl methyl sites for hydroxylation is 1. The first-order valence-corrected chi connectivity index (χ1v) is 10.5. The van der Waals surface area contributed by atoms with E-state index in [2.05, 4.69) is 5.32 Å². The van der Waals surface area contributed by atoms with Crippen LogP contribution >= 0.6 is 11.6 Å². The number of hydrogen-bond acceptors (Lipinski definition) is 4. The van der Waals surface area contributed by atoms with Gasteiger partial charge in [0, 0.05) is 12.2 Å². The maximum absolute atomic E-state index is 11.4. The molecule has 0 aliphatic heterocycles. The maximum atomic E-state index is 11.4. The summed E-state index contributed by atoms with van der Waals surface area (Å²) in [5.74, 6) is 0.143. The number of aromatic carboxylic acids is 1. The van der Waals surface area contributed by atoms with Crippen molar-refractivity contribution >= 4 is 23.3 Å². The predicted molar refractivity (Wildman–Crippen MR) is 124 cm³/mol. The molecule has 6 heteroatoms. The van der Waals surface area contributed by atoms with Crippen LogP contribution in [0.25, 0.3) is 0 Å². The van der Waals surface area contributed by atoms with Crippen LogP contribution in [0.1, 0.15) is 39.5 Å². The van der Waals surface area contributed by atoms with Crippen molar-refractivity contribution < 1.29 is 19.4 Å². The molecule has 0 aromatic heterocycles. The van der Waals surface area contributed by atoms with Gasteiger partial charge in [0.1, 0.15) is 6.61 Å². The van der Waals surface area contributed by atoms with Gasteiger partial charge < -0.3 is 19.9 Å². The molecule has 3 rings (SSSR count). The average Bonchev–Trinajstić information content (AvgIpc) is 2.73. The summed E-state index contributed by atoms with van der Waals surface area (Å²) in [4.78, 5) is 11.4. The summed E-state index contributed by atoms with van der Waals surface area (Å²) in [6, 6.07) is 17.0. The molecular weight excluding hydrogens is 414 g/mol. The van der Waals surface area contributed by atoms with Gasteiger partial charge in [0.25, 0.3) is 0 Å². The van der Waals surface area contributed by atoms with E-state index in [0.29, 0.717) is 41.8 Å². The molecule has 5 nitrogen and oxygen atoms in total. The molecule has 0 amide bonds. The number of halogens is 1. The molecule has 162 valence electrons. The van der Waals surface area contributed by atoms with E-state index in [1.165, 1.54) is 5.56 Å². The number of hydrogen-bond donors (Lipinski definition) is 2. The minimum atomic E-state index is -0.946. The van der Waals surface area contributed by atoms with Gasteiger partial charge in [-0.25, -0.2) is 4.79 Å². The Morgan fingerprint density at radius 1 is 1.03 bits per heavy atom. The Morgan fingerprint density at radius 2 is 1.77 bits per heavy atom. The summed E-state index contributed by atoms with van der Waals surface area (Å²) in [5.41, 5.74) is 4.86. The van der Waals surface area contributed by atoms with E-state index in [1.54, 1.807) is 19.1 Å². The minimum absolute atomic E-state index is 0.276. The number of ether oxygens (including phenoxy) is 2. The van der Waals surface area contributed by atoms with Crippen LogP contribution in [0.3, 0.4) is 0 Å². The van der Waals surface area contributed by atoms with Crippen molar-refractivity contribution in [1.82, 2.24) is 0 Å². The Kier molecular flexibility index (Phi) is 7.42. The first-order valence-electron chi connectivity index (χ1n) is 10.1. The minimum Gasteiger partial charge on any atom is -0.490 e. The molecular formula is C25H26ClNO4. The molecule has 0 saturated heterocycles. The van der Waals surface area contributed by atoms with Gasteiger partial charge in [-0.15, -0.1) is 0 Å². The highest BCUT2D eigenvalue weighted by atomic mass is 35.5. The molecule has 0 bridgehead atoms. The van der Waals surface area contributed by atoms with Crippen LogP contribution in [-0.4, -0.2) is 17.7 Å². The van der Waals surface area contributed by atoms with E-state index in [0.717, 1.165) is 16.8 Å². The predicted octanol–water partition coefficient (Wildman–Crippen LogP) is 6.24. The lowest BCUT2D eigenvalue weighted by Crippen LogP contribution is -2.07. The topological polar surface area (TPSA) is 67.8 Å². The lowest BCUT2D eigenvalue weighted by atomic mass is 10.1. The zero-order chi connectivity index (χ0) is 22.4. The number of carbonyl (C=O) groups is 1. The number of carboxylic acid groups (broad SMARTS) is 1. The molecule has 0 spiro atoms. The lowest BCUT2D eigenvalue weighted by Gasteiger charge is -2.17. The molecule has 0 atom stereocenters. The molecule has 0 fully saturated rings. The SMILES string of the molecule is CCOc1cc(CNc2cccc(C(=O)O)c2C)cc(Cl)c1OCc1ccc(C)cc1. The number of benzene rings is 3. The second-order valence-corrected chi connectivity index (χ2v) is 7.66. The maximum Gasteiger partial charge on any atom is 0.336 e. The summed E-state index contributed by atoms with van der Waals surface area (Å²) in [6.07, 6.45) is 0. The van der Waals surface area contributed by atoms with Crippen molar-refractivity contribution in [2.24, 2.45) is 0 Å². The average molecular weight is 440 g/mol. The normalized spacial score (nSPS) is 10.6. The largest absolute Gasteiger partial charge is 0.490 e. The van der Waals surface area contributed by atoms with Gasteiger partial charge in [-0.1, -0.05) is 47.5 Å². The molecule has 2 N–H and O–H groups in total. The van der Waals surface area contributed by atoms with E-state index in [4.69, 9.17) is 21.1 Å². The van der Waals surface area contributed by atoms with E-state index in [-0.39, 0.29) is 5.56 Å². The number of rotatable bonds is 9. The highest BCUT2D eigenvalue weighted by Crippen LogP contribution is 2.37. The van der Waals surface area contributed by atoms with E-state index in [1.807, 2.05) is 56.3 Å². The zero-order valence-electron chi connectivity index (χ0n) is 17.9. The summed E-state index contributed by atoms with van der Waals surface area (Å²) >= 11 is 6.53. The molecule has 0 aliphatic carbocycles. The van der Waals surface area contributed by atoms with Crippen LogP contribution < -0.4 is 14.8 Å². The second kappa shape index (κ2) is 10.2. The molecule has 0 heterocycles. The summed E-state index contributed by atoms with van der Waals surface area (Å²) in [7, 11) is 0. The van der Waals surface area contributed by atoms with Crippen molar-refractivity contribution in [3.05, 3.63) is 87.4 Å².